The molecule has 1 aromatic carbocycles. The molecule has 0 bridgehead atoms. The fourth-order valence-corrected chi connectivity index (χ4v) is 0.880. The smallest absolute Gasteiger partial charge is 0.0866 e. The average molecular weight is 163 g/mol. The van der Waals surface area contributed by atoms with Crippen molar-refractivity contribution < 1.29 is 4.84 Å². The van der Waals surface area contributed by atoms with Gasteiger partial charge in [-0.1, -0.05) is 42.5 Å². The first-order chi connectivity index (χ1) is 5.93. The molecule has 0 aliphatic heterocycles. The normalized spacial score (nSPS) is 10.8. The van der Waals surface area contributed by atoms with Crippen molar-refractivity contribution in [3.05, 3.63) is 42.0 Å². The molecule has 1 N–H and O–H groups in total. The molecule has 0 amide bonds. The van der Waals surface area contributed by atoms with Gasteiger partial charge in [-0.25, -0.2) is 5.48 Å². The molecule has 0 aliphatic rings. The van der Waals surface area contributed by atoms with Gasteiger partial charge >= 0.3 is 0 Å². The van der Waals surface area contributed by atoms with E-state index in [0.29, 0.717) is 6.61 Å². The summed E-state index contributed by atoms with van der Waals surface area (Å²) < 4.78 is 0. The van der Waals surface area contributed by atoms with E-state index in [9.17, 15) is 0 Å². The number of hydroxylamine groups is 1. The predicted molar refractivity (Wildman–Crippen MR) is 50.5 cm³/mol. The van der Waals surface area contributed by atoms with Crippen LogP contribution >= 0.6 is 0 Å². The van der Waals surface area contributed by atoms with Gasteiger partial charge in [0, 0.05) is 7.05 Å². The maximum atomic E-state index is 4.92. The Hall–Kier alpha value is -1.12. The molecule has 0 aliphatic carbocycles. The van der Waals surface area contributed by atoms with E-state index >= 15 is 0 Å². The minimum Gasteiger partial charge on any atom is -0.298 e. The van der Waals surface area contributed by atoms with Crippen molar-refractivity contribution in [3.63, 3.8) is 0 Å². The molecule has 2 nitrogen and oxygen atoms in total. The third kappa shape index (κ3) is 3.32. The first-order valence-corrected chi connectivity index (χ1v) is 3.93. The summed E-state index contributed by atoms with van der Waals surface area (Å²) in [4.78, 5) is 4.92. The van der Waals surface area contributed by atoms with Crippen molar-refractivity contribution in [3.8, 4) is 0 Å². The van der Waals surface area contributed by atoms with Crippen LogP contribution in [0.3, 0.4) is 0 Å². The van der Waals surface area contributed by atoms with Gasteiger partial charge in [0.05, 0.1) is 6.61 Å². The fraction of sp³-hybridized carbons (Fsp3) is 0.200. The van der Waals surface area contributed by atoms with E-state index in [1.54, 1.807) is 7.05 Å². The average Bonchev–Trinajstić information content (AvgIpc) is 2.14. The maximum absolute atomic E-state index is 4.92. The van der Waals surface area contributed by atoms with Crippen LogP contribution in [0.1, 0.15) is 5.56 Å². The molecule has 0 spiro atoms. The number of rotatable bonds is 4. The lowest BCUT2D eigenvalue weighted by atomic mass is 10.2. The number of hydrogen-bond acceptors (Lipinski definition) is 2. The highest BCUT2D eigenvalue weighted by atomic mass is 16.6. The van der Waals surface area contributed by atoms with Crippen molar-refractivity contribution in [2.24, 2.45) is 0 Å². The van der Waals surface area contributed by atoms with Crippen LogP contribution in [0.25, 0.3) is 6.08 Å². The van der Waals surface area contributed by atoms with Gasteiger partial charge in [-0.05, 0) is 5.56 Å². The second-order valence-corrected chi connectivity index (χ2v) is 2.33. The first kappa shape index (κ1) is 8.97. The Morgan fingerprint density at radius 3 is 2.75 bits per heavy atom. The second-order valence-electron chi connectivity index (χ2n) is 2.33. The largest absolute Gasteiger partial charge is 0.298 e. The highest BCUT2D eigenvalue weighted by Crippen LogP contribution is 1.99. The Morgan fingerprint density at radius 2 is 2.08 bits per heavy atom. The summed E-state index contributed by atoms with van der Waals surface area (Å²) in [6.45, 7) is 0.589. The SMILES string of the molecule is CNOC/C=C/c1ccccc1. The first-order valence-electron chi connectivity index (χ1n) is 3.93. The Morgan fingerprint density at radius 1 is 1.33 bits per heavy atom. The van der Waals surface area contributed by atoms with Gasteiger partial charge in [-0.3, -0.25) is 4.84 Å². The standard InChI is InChI=1S/C10H13NO/c1-11-12-9-5-8-10-6-3-2-4-7-10/h2-8,11H,9H2,1H3/b8-5+. The molecule has 0 atom stereocenters. The Labute approximate surface area is 72.8 Å². The molecule has 1 rings (SSSR count). The van der Waals surface area contributed by atoms with Gasteiger partial charge < -0.3 is 0 Å². The van der Waals surface area contributed by atoms with E-state index in [0.717, 1.165) is 0 Å². The van der Waals surface area contributed by atoms with Crippen LogP contribution < -0.4 is 5.48 Å². The van der Waals surface area contributed by atoms with Crippen LogP contribution in [0.4, 0.5) is 0 Å². The summed E-state index contributed by atoms with van der Waals surface area (Å²) in [5.41, 5.74) is 3.79. The molecule has 0 fully saturated rings. The lowest BCUT2D eigenvalue weighted by Gasteiger charge is -1.94. The van der Waals surface area contributed by atoms with E-state index in [4.69, 9.17) is 4.84 Å². The van der Waals surface area contributed by atoms with Gasteiger partial charge in [0.15, 0.2) is 0 Å². The third-order valence-corrected chi connectivity index (χ3v) is 1.43. The Balaban J connectivity index is 2.36. The van der Waals surface area contributed by atoms with Crippen LogP contribution in [0.5, 0.6) is 0 Å². The Kier molecular flexibility index (Phi) is 4.13. The van der Waals surface area contributed by atoms with E-state index in [1.807, 2.05) is 30.4 Å². The molecule has 0 saturated heterocycles. The monoisotopic (exact) mass is 163 g/mol. The Bertz CT molecular complexity index is 231. The highest BCUT2D eigenvalue weighted by molar-refractivity contribution is 5.48. The number of benzene rings is 1. The van der Waals surface area contributed by atoms with E-state index in [2.05, 4.69) is 17.6 Å². The third-order valence-electron chi connectivity index (χ3n) is 1.43. The summed E-state index contributed by atoms with van der Waals surface area (Å²) in [5.74, 6) is 0. The zero-order valence-electron chi connectivity index (χ0n) is 7.16. The van der Waals surface area contributed by atoms with E-state index in [-0.39, 0.29) is 0 Å². The van der Waals surface area contributed by atoms with Gasteiger partial charge in [0.1, 0.15) is 0 Å². The van der Waals surface area contributed by atoms with Crippen LogP contribution in [0.2, 0.25) is 0 Å². The number of hydrogen-bond donors (Lipinski definition) is 1. The summed E-state index contributed by atoms with van der Waals surface area (Å²) in [5, 5.41) is 0. The maximum Gasteiger partial charge on any atom is 0.0866 e. The van der Waals surface area contributed by atoms with Crippen molar-refractivity contribution in [1.82, 2.24) is 5.48 Å². The van der Waals surface area contributed by atoms with Crippen LogP contribution in [0, 0.1) is 0 Å². The van der Waals surface area contributed by atoms with Gasteiger partial charge in [0.25, 0.3) is 0 Å². The molecule has 1 aromatic rings. The minimum atomic E-state index is 0.589. The summed E-state index contributed by atoms with van der Waals surface area (Å²) in [7, 11) is 1.75. The lowest BCUT2D eigenvalue weighted by Crippen LogP contribution is -2.06. The molecule has 0 unspecified atom stereocenters. The molecule has 0 radical (unpaired) electrons. The second kappa shape index (κ2) is 5.52. The van der Waals surface area contributed by atoms with Crippen LogP contribution in [-0.4, -0.2) is 13.7 Å². The predicted octanol–water partition coefficient (Wildman–Crippen LogP) is 1.85. The quantitative estimate of drug-likeness (QED) is 0.540. The molecule has 12 heavy (non-hydrogen) atoms. The summed E-state index contributed by atoms with van der Waals surface area (Å²) in [6.07, 6.45) is 3.99. The number of nitrogens with one attached hydrogen (secondary N) is 1. The van der Waals surface area contributed by atoms with Crippen LogP contribution in [0.15, 0.2) is 36.4 Å². The summed E-state index contributed by atoms with van der Waals surface area (Å²) >= 11 is 0. The van der Waals surface area contributed by atoms with Crippen molar-refractivity contribution >= 4 is 6.08 Å². The topological polar surface area (TPSA) is 21.3 Å². The molecule has 2 heteroatoms. The van der Waals surface area contributed by atoms with Gasteiger partial charge in [0.2, 0.25) is 0 Å². The minimum absolute atomic E-state index is 0.589. The van der Waals surface area contributed by atoms with E-state index in [1.165, 1.54) is 5.56 Å². The summed E-state index contributed by atoms with van der Waals surface area (Å²) in [6, 6.07) is 10.1. The fourth-order valence-electron chi connectivity index (χ4n) is 0.880. The van der Waals surface area contributed by atoms with Crippen LogP contribution in [-0.2, 0) is 4.84 Å². The van der Waals surface area contributed by atoms with E-state index < -0.39 is 0 Å². The lowest BCUT2D eigenvalue weighted by molar-refractivity contribution is 0.0814. The van der Waals surface area contributed by atoms with Crippen molar-refractivity contribution in [2.45, 2.75) is 0 Å². The molecule has 0 aromatic heterocycles. The van der Waals surface area contributed by atoms with Gasteiger partial charge in [-0.2, -0.15) is 0 Å². The van der Waals surface area contributed by atoms with Gasteiger partial charge in [-0.15, -0.1) is 0 Å². The molecule has 0 saturated carbocycles. The van der Waals surface area contributed by atoms with Crippen molar-refractivity contribution in [1.29, 1.82) is 0 Å². The molecule has 0 heterocycles. The molecule has 64 valence electrons. The van der Waals surface area contributed by atoms with Crippen molar-refractivity contribution in [2.75, 3.05) is 13.7 Å². The highest BCUT2D eigenvalue weighted by Gasteiger charge is 1.81. The zero-order valence-corrected chi connectivity index (χ0v) is 7.16. The zero-order chi connectivity index (χ0) is 8.65. The molecular formula is C10H13NO. The molecular weight excluding hydrogens is 150 g/mol.